The smallest absolute Gasteiger partial charge is 0.340 e. The van der Waals surface area contributed by atoms with Crippen molar-refractivity contribution in [2.75, 3.05) is 7.11 Å². The van der Waals surface area contributed by atoms with Crippen molar-refractivity contribution in [3.05, 3.63) is 35.9 Å². The van der Waals surface area contributed by atoms with Crippen LogP contribution >= 0.6 is 0 Å². The first-order chi connectivity index (χ1) is 7.27. The fraction of sp³-hybridized carbons (Fsp3) is 0.273. The number of esters is 1. The predicted octanol–water partition coefficient (Wildman–Crippen LogP) is 1.68. The summed E-state index contributed by atoms with van der Waals surface area (Å²) in [7, 11) is 1.38. The van der Waals surface area contributed by atoms with Crippen LogP contribution in [-0.2, 0) is 11.2 Å². The molecule has 0 saturated heterocycles. The molecule has 0 radical (unpaired) electrons. The second kappa shape index (κ2) is 3.73. The van der Waals surface area contributed by atoms with Gasteiger partial charge in [-0.2, -0.15) is 0 Å². The van der Waals surface area contributed by atoms with Crippen LogP contribution in [0.1, 0.15) is 23.1 Å². The van der Waals surface area contributed by atoms with E-state index in [1.165, 1.54) is 7.11 Å². The quantitative estimate of drug-likeness (QED) is 0.699. The Labute approximate surface area is 87.5 Å². The van der Waals surface area contributed by atoms with Gasteiger partial charge in [0, 0.05) is 12.6 Å². The highest BCUT2D eigenvalue weighted by molar-refractivity contribution is 5.96. The molecule has 4 nitrogen and oxygen atoms in total. The van der Waals surface area contributed by atoms with Gasteiger partial charge in [0.05, 0.1) is 24.4 Å². The minimum Gasteiger partial charge on any atom is -0.465 e. The number of ether oxygens (including phenoxy) is 1. The number of aromatic nitrogens is 2. The lowest BCUT2D eigenvalue weighted by atomic mass is 10.2. The Balaban J connectivity index is 2.67. The van der Waals surface area contributed by atoms with Crippen molar-refractivity contribution in [2.45, 2.75) is 13.3 Å². The number of hydrogen-bond acceptors (Lipinski definition) is 3. The van der Waals surface area contributed by atoms with Crippen molar-refractivity contribution in [1.82, 2.24) is 9.38 Å². The monoisotopic (exact) mass is 204 g/mol. The van der Waals surface area contributed by atoms with Gasteiger partial charge in [0.2, 0.25) is 0 Å². The number of carbonyl (C=O) groups is 1. The summed E-state index contributed by atoms with van der Waals surface area (Å²) >= 11 is 0. The van der Waals surface area contributed by atoms with Crippen LogP contribution < -0.4 is 0 Å². The van der Waals surface area contributed by atoms with Crippen LogP contribution in [0.25, 0.3) is 5.52 Å². The number of hydrogen-bond donors (Lipinski definition) is 0. The van der Waals surface area contributed by atoms with E-state index in [4.69, 9.17) is 4.74 Å². The highest BCUT2D eigenvalue weighted by Crippen LogP contribution is 2.14. The van der Waals surface area contributed by atoms with Crippen LogP contribution in [0.15, 0.2) is 24.5 Å². The molecule has 78 valence electrons. The van der Waals surface area contributed by atoms with Crippen molar-refractivity contribution < 1.29 is 9.53 Å². The lowest BCUT2D eigenvalue weighted by Crippen LogP contribution is -2.04. The molecular formula is C11H12N2O2. The van der Waals surface area contributed by atoms with E-state index in [1.54, 1.807) is 12.3 Å². The van der Waals surface area contributed by atoms with Gasteiger partial charge in [-0.3, -0.25) is 0 Å². The van der Waals surface area contributed by atoms with Crippen LogP contribution in [0.4, 0.5) is 0 Å². The summed E-state index contributed by atoms with van der Waals surface area (Å²) in [6.07, 6.45) is 4.43. The topological polar surface area (TPSA) is 43.6 Å². The van der Waals surface area contributed by atoms with E-state index in [2.05, 4.69) is 4.98 Å². The third-order valence-corrected chi connectivity index (χ3v) is 2.37. The van der Waals surface area contributed by atoms with Crippen LogP contribution in [0.3, 0.4) is 0 Å². The Bertz CT molecular complexity index is 502. The summed E-state index contributed by atoms with van der Waals surface area (Å²) in [4.78, 5) is 15.7. The van der Waals surface area contributed by atoms with Crippen LogP contribution in [-0.4, -0.2) is 22.5 Å². The van der Waals surface area contributed by atoms with Crippen molar-refractivity contribution in [2.24, 2.45) is 0 Å². The number of methoxy groups -OCH3 is 1. The molecule has 0 saturated carbocycles. The highest BCUT2D eigenvalue weighted by atomic mass is 16.5. The molecule has 0 aromatic carbocycles. The number of fused-ring (bicyclic) bond motifs is 1. The van der Waals surface area contributed by atoms with E-state index in [0.717, 1.165) is 17.8 Å². The van der Waals surface area contributed by atoms with Gasteiger partial charge in [-0.05, 0) is 12.1 Å². The van der Waals surface area contributed by atoms with Gasteiger partial charge in [0.1, 0.15) is 5.82 Å². The highest BCUT2D eigenvalue weighted by Gasteiger charge is 2.12. The maximum absolute atomic E-state index is 11.5. The number of nitrogens with zero attached hydrogens (tertiary/aromatic N) is 2. The zero-order chi connectivity index (χ0) is 10.8. The average molecular weight is 204 g/mol. The molecule has 0 aliphatic rings. The fourth-order valence-corrected chi connectivity index (χ4v) is 1.62. The van der Waals surface area contributed by atoms with E-state index in [1.807, 2.05) is 23.6 Å². The zero-order valence-corrected chi connectivity index (χ0v) is 8.73. The molecule has 0 aliphatic carbocycles. The third-order valence-electron chi connectivity index (χ3n) is 2.37. The molecular weight excluding hydrogens is 192 g/mol. The molecule has 0 atom stereocenters. The molecule has 15 heavy (non-hydrogen) atoms. The van der Waals surface area contributed by atoms with Gasteiger partial charge in [-0.25, -0.2) is 9.78 Å². The normalized spacial score (nSPS) is 10.5. The van der Waals surface area contributed by atoms with E-state index < -0.39 is 0 Å². The molecule has 2 rings (SSSR count). The lowest BCUT2D eigenvalue weighted by Gasteiger charge is -2.02. The minimum atomic E-state index is -0.330. The number of imidazole rings is 1. The Morgan fingerprint density at radius 3 is 3.07 bits per heavy atom. The predicted molar refractivity (Wildman–Crippen MR) is 55.9 cm³/mol. The Morgan fingerprint density at radius 2 is 2.40 bits per heavy atom. The Hall–Kier alpha value is -1.84. The van der Waals surface area contributed by atoms with Gasteiger partial charge < -0.3 is 9.14 Å². The molecule has 0 aliphatic heterocycles. The van der Waals surface area contributed by atoms with Gasteiger partial charge in [0.25, 0.3) is 0 Å². The first-order valence-electron chi connectivity index (χ1n) is 4.81. The maximum atomic E-state index is 11.5. The Kier molecular flexibility index (Phi) is 2.41. The van der Waals surface area contributed by atoms with Crippen LogP contribution in [0.2, 0.25) is 0 Å². The van der Waals surface area contributed by atoms with E-state index in [9.17, 15) is 4.79 Å². The van der Waals surface area contributed by atoms with Gasteiger partial charge in [-0.1, -0.05) is 6.92 Å². The van der Waals surface area contributed by atoms with Crippen molar-refractivity contribution in [3.63, 3.8) is 0 Å². The molecule has 0 fully saturated rings. The first-order valence-corrected chi connectivity index (χ1v) is 4.81. The summed E-state index contributed by atoms with van der Waals surface area (Å²) < 4.78 is 6.62. The largest absolute Gasteiger partial charge is 0.465 e. The Morgan fingerprint density at radius 1 is 1.60 bits per heavy atom. The van der Waals surface area contributed by atoms with Gasteiger partial charge in [0.15, 0.2) is 0 Å². The SMILES string of the molecule is CCc1ncc2c(C(=O)OC)cccn12. The van der Waals surface area contributed by atoms with Crippen molar-refractivity contribution >= 4 is 11.5 Å². The van der Waals surface area contributed by atoms with Crippen LogP contribution in [0, 0.1) is 0 Å². The summed E-state index contributed by atoms with van der Waals surface area (Å²) in [6, 6.07) is 3.56. The summed E-state index contributed by atoms with van der Waals surface area (Å²) in [6.45, 7) is 2.03. The molecule has 0 bridgehead atoms. The maximum Gasteiger partial charge on any atom is 0.340 e. The number of rotatable bonds is 2. The van der Waals surface area contributed by atoms with E-state index in [0.29, 0.717) is 5.56 Å². The molecule has 2 aromatic rings. The van der Waals surface area contributed by atoms with Gasteiger partial charge in [-0.15, -0.1) is 0 Å². The molecule has 4 heteroatoms. The molecule has 0 unspecified atom stereocenters. The molecule has 2 heterocycles. The summed E-state index contributed by atoms with van der Waals surface area (Å²) in [5.41, 5.74) is 1.34. The van der Waals surface area contributed by atoms with Crippen LogP contribution in [0.5, 0.6) is 0 Å². The summed E-state index contributed by atoms with van der Waals surface area (Å²) in [5, 5.41) is 0. The standard InChI is InChI=1S/C11H12N2O2/c1-3-10-12-7-9-8(11(14)15-2)5-4-6-13(9)10/h4-7H,3H2,1-2H3. The first kappa shape index (κ1) is 9.71. The minimum absolute atomic E-state index is 0.330. The zero-order valence-electron chi connectivity index (χ0n) is 8.73. The lowest BCUT2D eigenvalue weighted by molar-refractivity contribution is 0.0602. The average Bonchev–Trinajstić information content (AvgIpc) is 2.70. The van der Waals surface area contributed by atoms with Gasteiger partial charge >= 0.3 is 5.97 Å². The second-order valence-corrected chi connectivity index (χ2v) is 3.20. The van der Waals surface area contributed by atoms with E-state index in [-0.39, 0.29) is 5.97 Å². The van der Waals surface area contributed by atoms with E-state index >= 15 is 0 Å². The number of carbonyl (C=O) groups excluding carboxylic acids is 1. The summed E-state index contributed by atoms with van der Waals surface area (Å²) in [5.74, 6) is 0.610. The second-order valence-electron chi connectivity index (χ2n) is 3.20. The molecule has 2 aromatic heterocycles. The number of aryl methyl sites for hydroxylation is 1. The third kappa shape index (κ3) is 1.48. The number of pyridine rings is 1. The van der Waals surface area contributed by atoms with Crippen molar-refractivity contribution in [3.8, 4) is 0 Å². The molecule has 0 spiro atoms. The van der Waals surface area contributed by atoms with Crippen molar-refractivity contribution in [1.29, 1.82) is 0 Å². The fourth-order valence-electron chi connectivity index (χ4n) is 1.62. The molecule has 0 N–H and O–H groups in total. The molecule has 0 amide bonds.